The van der Waals surface area contributed by atoms with Crippen LogP contribution in [0.1, 0.15) is 129 Å². The van der Waals surface area contributed by atoms with Crippen LogP contribution in [0.5, 0.6) is 0 Å². The molecule has 3 unspecified atom stereocenters. The third-order valence-corrected chi connectivity index (χ3v) is 6.05. The van der Waals surface area contributed by atoms with E-state index in [1.54, 1.807) is 0 Å². The first-order chi connectivity index (χ1) is 15.3. The van der Waals surface area contributed by atoms with E-state index in [0.29, 0.717) is 24.1 Å². The van der Waals surface area contributed by atoms with Gasteiger partial charge in [0.2, 0.25) is 11.8 Å². The van der Waals surface area contributed by atoms with Crippen LogP contribution in [0.2, 0.25) is 5.31 Å². The fraction of sp³-hybridized carbons (Fsp3) is 0.931. The second-order valence-electron chi connectivity index (χ2n) is 12.8. The second-order valence-corrected chi connectivity index (χ2v) is 13.7. The fourth-order valence-electron chi connectivity index (χ4n) is 4.51. The van der Waals surface area contributed by atoms with E-state index in [4.69, 9.17) is 7.85 Å². The average molecular weight is 513 g/mol. The molecule has 0 rings (SSSR count). The molecule has 0 aromatic rings. The Morgan fingerprint density at radius 1 is 0.914 bits per heavy atom. The molecule has 4 nitrogen and oxygen atoms in total. The zero-order valence-electron chi connectivity index (χ0n) is 24.4. The van der Waals surface area contributed by atoms with Crippen LogP contribution >= 0.6 is 12.6 Å². The highest BCUT2D eigenvalue weighted by Crippen LogP contribution is 2.35. The molecule has 0 bridgehead atoms. The zero-order valence-corrected chi connectivity index (χ0v) is 25.3. The van der Waals surface area contributed by atoms with Crippen LogP contribution in [0.15, 0.2) is 0 Å². The molecule has 0 saturated carbocycles. The molecule has 0 aliphatic rings. The van der Waals surface area contributed by atoms with Crippen molar-refractivity contribution in [3.8, 4) is 0 Å². The van der Waals surface area contributed by atoms with Crippen LogP contribution in [0.4, 0.5) is 0 Å². The van der Waals surface area contributed by atoms with Crippen LogP contribution in [0.3, 0.4) is 0 Å². The van der Waals surface area contributed by atoms with Gasteiger partial charge in [0.1, 0.15) is 0 Å². The third kappa shape index (κ3) is 24.8. The molecule has 35 heavy (non-hydrogen) atoms. The minimum absolute atomic E-state index is 0. The van der Waals surface area contributed by atoms with Gasteiger partial charge in [-0.25, -0.2) is 0 Å². The van der Waals surface area contributed by atoms with Crippen LogP contribution in [0.25, 0.3) is 0 Å². The van der Waals surface area contributed by atoms with Crippen molar-refractivity contribution < 1.29 is 9.59 Å². The van der Waals surface area contributed by atoms with Gasteiger partial charge >= 0.3 is 0 Å². The number of carbonyl (C=O) groups excluding carboxylic acids is 2. The van der Waals surface area contributed by atoms with Gasteiger partial charge < -0.3 is 10.6 Å². The van der Waals surface area contributed by atoms with Crippen molar-refractivity contribution in [1.29, 1.82) is 0 Å². The third-order valence-electron chi connectivity index (χ3n) is 5.86. The average Bonchev–Trinajstić information content (AvgIpc) is 2.66. The Labute approximate surface area is 227 Å². The lowest BCUT2D eigenvalue weighted by Gasteiger charge is -2.33. The SMILES string of the molecule is C.CCC(=O)NCC(C)(C)CC(C)S.[B]C(C)(C)CC(C)(C)CNC(=O)C(C)CC(C)CCCC. The number of rotatable bonds is 15. The second kappa shape index (κ2) is 18.6. The van der Waals surface area contributed by atoms with E-state index in [-0.39, 0.29) is 41.3 Å². The minimum Gasteiger partial charge on any atom is -0.356 e. The molecule has 3 atom stereocenters. The number of hydrogen-bond donors (Lipinski definition) is 3. The molecule has 2 amide bonds. The Bertz CT molecular complexity index is 572. The van der Waals surface area contributed by atoms with Crippen molar-refractivity contribution in [3.63, 3.8) is 0 Å². The van der Waals surface area contributed by atoms with Gasteiger partial charge in [-0.1, -0.05) is 108 Å². The molecule has 0 aromatic carbocycles. The van der Waals surface area contributed by atoms with Gasteiger partial charge in [-0.15, -0.1) is 0 Å². The van der Waals surface area contributed by atoms with Gasteiger partial charge in [0.25, 0.3) is 0 Å². The molecule has 208 valence electrons. The first kappa shape index (κ1) is 38.9. The van der Waals surface area contributed by atoms with Gasteiger partial charge in [0.15, 0.2) is 0 Å². The summed E-state index contributed by atoms with van der Waals surface area (Å²) in [6.45, 7) is 24.6. The largest absolute Gasteiger partial charge is 0.356 e. The fourth-order valence-corrected chi connectivity index (χ4v) is 5.01. The number of unbranched alkanes of at least 4 members (excludes halogenated alkanes) is 1. The summed E-state index contributed by atoms with van der Waals surface area (Å²) in [6.07, 6.45) is 7.16. The Balaban J connectivity index is -0.000000632. The maximum atomic E-state index is 12.2. The number of carbonyl (C=O) groups is 2. The van der Waals surface area contributed by atoms with Crippen molar-refractivity contribution in [1.82, 2.24) is 10.6 Å². The number of nitrogens with one attached hydrogen (secondary N) is 2. The van der Waals surface area contributed by atoms with Gasteiger partial charge in [-0.05, 0) is 41.3 Å². The number of amides is 2. The van der Waals surface area contributed by atoms with Crippen molar-refractivity contribution in [2.45, 2.75) is 139 Å². The van der Waals surface area contributed by atoms with E-state index in [1.165, 1.54) is 19.3 Å². The highest BCUT2D eigenvalue weighted by molar-refractivity contribution is 7.80. The van der Waals surface area contributed by atoms with Crippen molar-refractivity contribution >= 4 is 32.3 Å². The molecule has 0 spiro atoms. The maximum Gasteiger partial charge on any atom is 0.222 e. The summed E-state index contributed by atoms with van der Waals surface area (Å²) in [4.78, 5) is 23.2. The lowest BCUT2D eigenvalue weighted by Crippen LogP contribution is -2.38. The summed E-state index contributed by atoms with van der Waals surface area (Å²) in [6, 6.07) is 0. The Kier molecular flexibility index (Phi) is 20.6. The molecular weight excluding hydrogens is 451 g/mol. The number of hydrogen-bond acceptors (Lipinski definition) is 3. The molecule has 0 saturated heterocycles. The predicted molar refractivity (Wildman–Crippen MR) is 161 cm³/mol. The predicted octanol–water partition coefficient (Wildman–Crippen LogP) is 7.62. The Morgan fingerprint density at radius 3 is 1.86 bits per heavy atom. The van der Waals surface area contributed by atoms with Crippen molar-refractivity contribution in [2.24, 2.45) is 22.7 Å². The normalized spacial score (nSPS) is 14.5. The summed E-state index contributed by atoms with van der Waals surface area (Å²) in [5.74, 6) is 1.03. The molecule has 0 aromatic heterocycles. The highest BCUT2D eigenvalue weighted by Gasteiger charge is 2.26. The van der Waals surface area contributed by atoms with Crippen molar-refractivity contribution in [3.05, 3.63) is 0 Å². The van der Waals surface area contributed by atoms with Crippen LogP contribution in [0, 0.1) is 22.7 Å². The van der Waals surface area contributed by atoms with Gasteiger partial charge in [-0.3, -0.25) is 9.59 Å². The van der Waals surface area contributed by atoms with Crippen LogP contribution < -0.4 is 10.6 Å². The number of thiol groups is 1. The molecular formula is C29H61BN2O2S. The minimum atomic E-state index is -0.200. The van der Waals surface area contributed by atoms with E-state index in [0.717, 1.165) is 25.8 Å². The van der Waals surface area contributed by atoms with E-state index in [9.17, 15) is 9.59 Å². The molecule has 6 heteroatoms. The molecule has 0 heterocycles. The summed E-state index contributed by atoms with van der Waals surface area (Å²) in [7, 11) is 6.09. The van der Waals surface area contributed by atoms with Crippen LogP contribution in [-0.2, 0) is 9.59 Å². The lowest BCUT2D eigenvalue weighted by atomic mass is 9.63. The summed E-state index contributed by atoms with van der Waals surface area (Å²) in [5.41, 5.74) is 0.174. The monoisotopic (exact) mass is 512 g/mol. The molecule has 0 aliphatic carbocycles. The topological polar surface area (TPSA) is 58.2 Å². The van der Waals surface area contributed by atoms with Gasteiger partial charge in [-0.2, -0.15) is 12.6 Å². The van der Waals surface area contributed by atoms with Gasteiger partial charge in [0, 0.05) is 25.4 Å². The summed E-state index contributed by atoms with van der Waals surface area (Å²) in [5, 5.41) is 6.20. The first-order valence-corrected chi connectivity index (χ1v) is 13.9. The summed E-state index contributed by atoms with van der Waals surface area (Å²) >= 11 is 4.35. The highest BCUT2D eigenvalue weighted by atomic mass is 32.1. The van der Waals surface area contributed by atoms with Crippen LogP contribution in [-0.4, -0.2) is 38.0 Å². The van der Waals surface area contributed by atoms with E-state index >= 15 is 0 Å². The lowest BCUT2D eigenvalue weighted by molar-refractivity contribution is -0.125. The smallest absolute Gasteiger partial charge is 0.222 e. The Morgan fingerprint density at radius 2 is 1.43 bits per heavy atom. The first-order valence-electron chi connectivity index (χ1n) is 13.4. The quantitative estimate of drug-likeness (QED) is 0.156. The standard InChI is InChI=1S/C18H36BNO.C10H21NOS.CH4/c1-8-9-10-14(2)11-15(3)16(21)20-13-17(4,5)12-18(6,7)19;1-5-9(12)11-7-10(3,4)6-8(2)13;/h14-15H,8-13H2,1-7H3,(H,20,21);8,13H,5-7H2,1-4H3,(H,11,12);1H4. The molecule has 2 radical (unpaired) electrons. The van der Waals surface area contributed by atoms with E-state index in [1.807, 2.05) is 27.7 Å². The molecule has 2 N–H and O–H groups in total. The zero-order chi connectivity index (χ0) is 27.2. The summed E-state index contributed by atoms with van der Waals surface area (Å²) < 4.78 is 0. The van der Waals surface area contributed by atoms with E-state index < -0.39 is 0 Å². The molecule has 0 aliphatic heterocycles. The van der Waals surface area contributed by atoms with E-state index in [2.05, 4.69) is 71.7 Å². The Hall–Kier alpha value is -0.645. The van der Waals surface area contributed by atoms with Gasteiger partial charge in [0.05, 0.1) is 7.85 Å². The maximum absolute atomic E-state index is 12.2. The molecule has 0 fully saturated rings. The van der Waals surface area contributed by atoms with Crippen molar-refractivity contribution in [2.75, 3.05) is 13.1 Å².